The van der Waals surface area contributed by atoms with Crippen LogP contribution in [0.25, 0.3) is 0 Å². The van der Waals surface area contributed by atoms with Gasteiger partial charge >= 0.3 is 0 Å². The number of benzene rings is 1. The molecule has 1 aliphatic rings. The summed E-state index contributed by atoms with van der Waals surface area (Å²) in [5, 5.41) is 3.59. The minimum Gasteiger partial charge on any atom is -0.367 e. The zero-order valence-electron chi connectivity index (χ0n) is 12.2. The average molecular weight is 300 g/mol. The average Bonchev–Trinajstić information content (AvgIpc) is 2.91. The SMILES string of the molecule is CN(C)CCCN(c1ccc(F)c(Cl)c1)[C@H]1CCNC1. The van der Waals surface area contributed by atoms with Gasteiger partial charge in [0.25, 0.3) is 0 Å². The van der Waals surface area contributed by atoms with E-state index in [1.807, 2.05) is 6.07 Å². The Hall–Kier alpha value is -0.840. The highest BCUT2D eigenvalue weighted by Crippen LogP contribution is 2.26. The van der Waals surface area contributed by atoms with Gasteiger partial charge in [-0.1, -0.05) is 11.6 Å². The van der Waals surface area contributed by atoms with Crippen LogP contribution in [0.3, 0.4) is 0 Å². The van der Waals surface area contributed by atoms with E-state index in [0.29, 0.717) is 6.04 Å². The molecular formula is C15H23ClFN3. The van der Waals surface area contributed by atoms with Crippen molar-refractivity contribution in [3.8, 4) is 0 Å². The van der Waals surface area contributed by atoms with Gasteiger partial charge in [-0.2, -0.15) is 0 Å². The minimum absolute atomic E-state index is 0.200. The summed E-state index contributed by atoms with van der Waals surface area (Å²) in [6, 6.07) is 5.50. The summed E-state index contributed by atoms with van der Waals surface area (Å²) in [7, 11) is 4.16. The molecule has 0 saturated carbocycles. The van der Waals surface area contributed by atoms with E-state index in [4.69, 9.17) is 11.6 Å². The van der Waals surface area contributed by atoms with Crippen molar-refractivity contribution in [2.75, 3.05) is 45.2 Å². The Balaban J connectivity index is 2.09. The first-order valence-corrected chi connectivity index (χ1v) is 7.53. The molecule has 1 N–H and O–H groups in total. The molecular weight excluding hydrogens is 277 g/mol. The van der Waals surface area contributed by atoms with Crippen molar-refractivity contribution in [2.24, 2.45) is 0 Å². The predicted molar refractivity (Wildman–Crippen MR) is 83.2 cm³/mol. The van der Waals surface area contributed by atoms with Gasteiger partial charge in [-0.15, -0.1) is 0 Å². The molecule has 1 heterocycles. The van der Waals surface area contributed by atoms with Crippen LogP contribution >= 0.6 is 11.6 Å². The Morgan fingerprint density at radius 3 is 2.75 bits per heavy atom. The molecule has 2 rings (SSSR count). The molecule has 1 aromatic carbocycles. The van der Waals surface area contributed by atoms with E-state index < -0.39 is 0 Å². The summed E-state index contributed by atoms with van der Waals surface area (Å²) >= 11 is 5.92. The first-order chi connectivity index (χ1) is 9.58. The summed E-state index contributed by atoms with van der Waals surface area (Å²) in [6.07, 6.45) is 2.20. The fraction of sp³-hybridized carbons (Fsp3) is 0.600. The highest BCUT2D eigenvalue weighted by Gasteiger charge is 2.22. The lowest BCUT2D eigenvalue weighted by molar-refractivity contribution is 0.397. The third kappa shape index (κ3) is 4.08. The molecule has 0 bridgehead atoms. The van der Waals surface area contributed by atoms with E-state index in [0.717, 1.165) is 44.7 Å². The topological polar surface area (TPSA) is 18.5 Å². The molecule has 0 amide bonds. The molecule has 112 valence electrons. The van der Waals surface area contributed by atoms with Gasteiger partial charge in [0.1, 0.15) is 5.82 Å². The van der Waals surface area contributed by atoms with Crippen LogP contribution in [0.5, 0.6) is 0 Å². The summed E-state index contributed by atoms with van der Waals surface area (Å²) in [5.41, 5.74) is 1.02. The zero-order chi connectivity index (χ0) is 14.5. The normalized spacial score (nSPS) is 18.8. The predicted octanol–water partition coefficient (Wildman–Crippen LogP) is 2.60. The van der Waals surface area contributed by atoms with E-state index in [-0.39, 0.29) is 10.8 Å². The van der Waals surface area contributed by atoms with Crippen LogP contribution in [-0.4, -0.2) is 51.2 Å². The summed E-state index contributed by atoms with van der Waals surface area (Å²) in [6.45, 7) is 4.04. The van der Waals surface area contributed by atoms with Crippen molar-refractivity contribution >= 4 is 17.3 Å². The second kappa shape index (κ2) is 7.25. The number of nitrogens with one attached hydrogen (secondary N) is 1. The van der Waals surface area contributed by atoms with Crippen LogP contribution in [0.4, 0.5) is 10.1 Å². The Morgan fingerprint density at radius 1 is 1.35 bits per heavy atom. The molecule has 3 nitrogen and oxygen atoms in total. The quantitative estimate of drug-likeness (QED) is 0.871. The Morgan fingerprint density at radius 2 is 2.15 bits per heavy atom. The van der Waals surface area contributed by atoms with Crippen molar-refractivity contribution in [1.29, 1.82) is 0 Å². The van der Waals surface area contributed by atoms with Gasteiger partial charge in [0, 0.05) is 24.8 Å². The maximum atomic E-state index is 13.3. The number of halogens is 2. The molecule has 1 aliphatic heterocycles. The van der Waals surface area contributed by atoms with Crippen LogP contribution in [0, 0.1) is 5.82 Å². The largest absolute Gasteiger partial charge is 0.367 e. The fourth-order valence-electron chi connectivity index (χ4n) is 2.65. The molecule has 0 spiro atoms. The summed E-state index contributed by atoms with van der Waals surface area (Å²) in [4.78, 5) is 4.54. The zero-order valence-corrected chi connectivity index (χ0v) is 13.0. The van der Waals surface area contributed by atoms with Crippen molar-refractivity contribution < 1.29 is 4.39 Å². The second-order valence-corrected chi connectivity index (χ2v) is 6.00. The van der Waals surface area contributed by atoms with Gasteiger partial charge in [0.15, 0.2) is 0 Å². The smallest absolute Gasteiger partial charge is 0.141 e. The van der Waals surface area contributed by atoms with E-state index in [9.17, 15) is 4.39 Å². The van der Waals surface area contributed by atoms with E-state index >= 15 is 0 Å². The highest BCUT2D eigenvalue weighted by atomic mass is 35.5. The third-order valence-electron chi connectivity index (χ3n) is 3.71. The maximum Gasteiger partial charge on any atom is 0.141 e. The molecule has 1 fully saturated rings. The van der Waals surface area contributed by atoms with Crippen molar-refractivity contribution in [3.63, 3.8) is 0 Å². The standard InChI is InChI=1S/C15H23ClFN3/c1-19(2)8-3-9-20(13-6-7-18-11-13)12-4-5-15(17)14(16)10-12/h4-5,10,13,18H,3,6-9,11H2,1-2H3/t13-/m0/s1. The Bertz CT molecular complexity index is 433. The molecule has 1 aromatic rings. The first kappa shape index (κ1) is 15.5. The van der Waals surface area contributed by atoms with E-state index in [1.54, 1.807) is 6.07 Å². The lowest BCUT2D eigenvalue weighted by Gasteiger charge is -2.31. The highest BCUT2D eigenvalue weighted by molar-refractivity contribution is 6.31. The molecule has 0 radical (unpaired) electrons. The van der Waals surface area contributed by atoms with E-state index in [2.05, 4.69) is 29.2 Å². The second-order valence-electron chi connectivity index (χ2n) is 5.60. The van der Waals surface area contributed by atoms with Crippen LogP contribution in [0.15, 0.2) is 18.2 Å². The molecule has 1 atom stereocenters. The summed E-state index contributed by atoms with van der Waals surface area (Å²) < 4.78 is 13.3. The summed E-state index contributed by atoms with van der Waals surface area (Å²) in [5.74, 6) is -0.354. The lowest BCUT2D eigenvalue weighted by atomic mass is 10.1. The first-order valence-electron chi connectivity index (χ1n) is 7.15. The Labute approximate surface area is 125 Å². The number of rotatable bonds is 6. The molecule has 1 saturated heterocycles. The third-order valence-corrected chi connectivity index (χ3v) is 4.00. The van der Waals surface area contributed by atoms with E-state index in [1.165, 1.54) is 6.07 Å². The maximum absolute atomic E-state index is 13.3. The van der Waals surface area contributed by atoms with Gasteiger partial charge in [-0.3, -0.25) is 0 Å². The van der Waals surface area contributed by atoms with Gasteiger partial charge in [-0.25, -0.2) is 4.39 Å². The number of hydrogen-bond acceptors (Lipinski definition) is 3. The van der Waals surface area contributed by atoms with Crippen LogP contribution in [0.2, 0.25) is 5.02 Å². The minimum atomic E-state index is -0.354. The van der Waals surface area contributed by atoms with Gasteiger partial charge < -0.3 is 15.1 Å². The van der Waals surface area contributed by atoms with Crippen molar-refractivity contribution in [3.05, 3.63) is 29.0 Å². The molecule has 0 aromatic heterocycles. The van der Waals surface area contributed by atoms with Crippen molar-refractivity contribution in [1.82, 2.24) is 10.2 Å². The molecule has 0 unspecified atom stereocenters. The number of anilines is 1. The fourth-order valence-corrected chi connectivity index (χ4v) is 2.82. The molecule has 5 heteroatoms. The van der Waals surface area contributed by atoms with Gasteiger partial charge in [0.05, 0.1) is 5.02 Å². The molecule has 0 aliphatic carbocycles. The van der Waals surface area contributed by atoms with Crippen molar-refractivity contribution in [2.45, 2.75) is 18.9 Å². The van der Waals surface area contributed by atoms with Crippen LogP contribution in [-0.2, 0) is 0 Å². The van der Waals surface area contributed by atoms with Gasteiger partial charge in [0.2, 0.25) is 0 Å². The van der Waals surface area contributed by atoms with Crippen LogP contribution < -0.4 is 10.2 Å². The molecule has 20 heavy (non-hydrogen) atoms. The number of hydrogen-bond donors (Lipinski definition) is 1. The number of nitrogens with zero attached hydrogens (tertiary/aromatic N) is 2. The lowest BCUT2D eigenvalue weighted by Crippen LogP contribution is -2.38. The Kier molecular flexibility index (Phi) is 5.64. The monoisotopic (exact) mass is 299 g/mol. The van der Waals surface area contributed by atoms with Gasteiger partial charge in [-0.05, 0) is 58.2 Å². The van der Waals surface area contributed by atoms with Crippen LogP contribution in [0.1, 0.15) is 12.8 Å².